The molecule has 1 aliphatic rings. The second-order valence-corrected chi connectivity index (χ2v) is 8.88. The largest absolute Gasteiger partial charge is 0.398 e. The second kappa shape index (κ2) is 8.02. The summed E-state index contributed by atoms with van der Waals surface area (Å²) in [6.07, 6.45) is 0. The third kappa shape index (κ3) is 2.86. The van der Waals surface area contributed by atoms with Crippen LogP contribution in [0.2, 0.25) is 0 Å². The van der Waals surface area contributed by atoms with Crippen LogP contribution < -0.4 is 11.5 Å². The Bertz CT molecular complexity index is 1430. The highest BCUT2D eigenvalue weighted by Crippen LogP contribution is 2.59. The SMILES string of the molecule is NCc1ccc(-c2c(N)ccc3c2C(c2ccccc2)(c2ccccc2)c2ccccc2-3)cc1. The molecule has 0 bridgehead atoms. The first-order valence-corrected chi connectivity index (χ1v) is 11.7. The van der Waals surface area contributed by atoms with E-state index < -0.39 is 5.41 Å². The van der Waals surface area contributed by atoms with Crippen molar-refractivity contribution in [1.82, 2.24) is 0 Å². The molecule has 0 amide bonds. The molecule has 6 rings (SSSR count). The summed E-state index contributed by atoms with van der Waals surface area (Å²) in [5.74, 6) is 0. The van der Waals surface area contributed by atoms with Gasteiger partial charge < -0.3 is 11.5 Å². The summed E-state index contributed by atoms with van der Waals surface area (Å²) in [4.78, 5) is 0. The average Bonchev–Trinajstić information content (AvgIpc) is 3.21. The van der Waals surface area contributed by atoms with Gasteiger partial charge in [-0.25, -0.2) is 0 Å². The van der Waals surface area contributed by atoms with Crippen LogP contribution in [0.15, 0.2) is 121 Å². The molecule has 0 saturated heterocycles. The van der Waals surface area contributed by atoms with E-state index in [1.54, 1.807) is 0 Å². The summed E-state index contributed by atoms with van der Waals surface area (Å²) < 4.78 is 0. The lowest BCUT2D eigenvalue weighted by molar-refractivity contribution is 0.770. The summed E-state index contributed by atoms with van der Waals surface area (Å²) in [7, 11) is 0. The van der Waals surface area contributed by atoms with Gasteiger partial charge in [0.25, 0.3) is 0 Å². The van der Waals surface area contributed by atoms with E-state index in [-0.39, 0.29) is 0 Å². The van der Waals surface area contributed by atoms with E-state index >= 15 is 0 Å². The lowest BCUT2D eigenvalue weighted by atomic mass is 9.66. The first kappa shape index (κ1) is 20.5. The van der Waals surface area contributed by atoms with Crippen molar-refractivity contribution in [2.24, 2.45) is 5.73 Å². The second-order valence-electron chi connectivity index (χ2n) is 8.88. The van der Waals surface area contributed by atoms with E-state index in [1.807, 2.05) is 6.07 Å². The Morgan fingerprint density at radius 2 is 1.15 bits per heavy atom. The van der Waals surface area contributed by atoms with Gasteiger partial charge in [-0.1, -0.05) is 115 Å². The highest BCUT2D eigenvalue weighted by atomic mass is 14.6. The first-order valence-electron chi connectivity index (χ1n) is 11.7. The fourth-order valence-corrected chi connectivity index (χ4v) is 5.67. The normalized spacial score (nSPS) is 13.3. The van der Waals surface area contributed by atoms with E-state index in [1.165, 1.54) is 33.4 Å². The van der Waals surface area contributed by atoms with Gasteiger partial charge in [-0.05, 0) is 50.6 Å². The number of anilines is 1. The Balaban J connectivity index is 1.80. The molecule has 1 aliphatic carbocycles. The Morgan fingerprint density at radius 1 is 0.559 bits per heavy atom. The van der Waals surface area contributed by atoms with Gasteiger partial charge in [0.05, 0.1) is 5.41 Å². The zero-order chi connectivity index (χ0) is 23.1. The van der Waals surface area contributed by atoms with Crippen LogP contribution in [0.5, 0.6) is 0 Å². The maximum atomic E-state index is 6.78. The van der Waals surface area contributed by atoms with E-state index in [4.69, 9.17) is 11.5 Å². The molecular formula is C32H26N2. The summed E-state index contributed by atoms with van der Waals surface area (Å²) in [5.41, 5.74) is 23.8. The molecule has 0 saturated carbocycles. The van der Waals surface area contributed by atoms with Crippen LogP contribution in [-0.2, 0) is 12.0 Å². The molecule has 5 aromatic carbocycles. The van der Waals surface area contributed by atoms with Crippen molar-refractivity contribution in [2.75, 3.05) is 5.73 Å². The van der Waals surface area contributed by atoms with Crippen LogP contribution in [0.1, 0.15) is 27.8 Å². The van der Waals surface area contributed by atoms with E-state index in [2.05, 4.69) is 115 Å². The van der Waals surface area contributed by atoms with Crippen molar-refractivity contribution in [3.05, 3.63) is 149 Å². The number of hydrogen-bond acceptors (Lipinski definition) is 2. The zero-order valence-electron chi connectivity index (χ0n) is 18.9. The highest BCUT2D eigenvalue weighted by Gasteiger charge is 2.47. The van der Waals surface area contributed by atoms with Gasteiger partial charge in [-0.3, -0.25) is 0 Å². The Morgan fingerprint density at radius 3 is 1.76 bits per heavy atom. The Labute approximate surface area is 200 Å². The number of benzene rings is 5. The van der Waals surface area contributed by atoms with Crippen LogP contribution in [0.4, 0.5) is 5.69 Å². The van der Waals surface area contributed by atoms with Gasteiger partial charge in [-0.15, -0.1) is 0 Å². The Hall–Kier alpha value is -4.14. The van der Waals surface area contributed by atoms with Gasteiger partial charge >= 0.3 is 0 Å². The van der Waals surface area contributed by atoms with Crippen molar-refractivity contribution < 1.29 is 0 Å². The van der Waals surface area contributed by atoms with Crippen molar-refractivity contribution in [3.8, 4) is 22.3 Å². The van der Waals surface area contributed by atoms with Gasteiger partial charge in [0.1, 0.15) is 0 Å². The van der Waals surface area contributed by atoms with Crippen molar-refractivity contribution in [3.63, 3.8) is 0 Å². The predicted octanol–water partition coefficient (Wildman–Crippen LogP) is 6.76. The number of hydrogen-bond donors (Lipinski definition) is 2. The van der Waals surface area contributed by atoms with Gasteiger partial charge in [0.15, 0.2) is 0 Å². The summed E-state index contributed by atoms with van der Waals surface area (Å²) in [5, 5.41) is 0. The molecule has 2 nitrogen and oxygen atoms in total. The number of nitrogens with two attached hydrogens (primary N) is 2. The van der Waals surface area contributed by atoms with Crippen molar-refractivity contribution in [2.45, 2.75) is 12.0 Å². The maximum absolute atomic E-state index is 6.78. The van der Waals surface area contributed by atoms with E-state index in [9.17, 15) is 0 Å². The van der Waals surface area contributed by atoms with Crippen molar-refractivity contribution >= 4 is 5.69 Å². The number of rotatable bonds is 4. The monoisotopic (exact) mass is 438 g/mol. The van der Waals surface area contributed by atoms with Gasteiger partial charge in [0.2, 0.25) is 0 Å². The standard InChI is InChI=1S/C32H26N2/c33-21-22-15-17-23(18-16-22)30-29(34)20-19-27-26-13-7-8-14-28(26)32(31(27)30,24-9-3-1-4-10-24)25-11-5-2-6-12-25/h1-20H,21,33-34H2. The topological polar surface area (TPSA) is 52.0 Å². The molecule has 5 aromatic rings. The minimum absolute atomic E-state index is 0.480. The van der Waals surface area contributed by atoms with E-state index in [0.717, 1.165) is 22.4 Å². The molecule has 2 heteroatoms. The fraction of sp³-hybridized carbons (Fsp3) is 0.0625. The highest BCUT2D eigenvalue weighted by molar-refractivity contribution is 5.96. The molecule has 0 radical (unpaired) electrons. The fourth-order valence-electron chi connectivity index (χ4n) is 5.67. The summed E-state index contributed by atoms with van der Waals surface area (Å²) in [6, 6.07) is 43.1. The quantitative estimate of drug-likeness (QED) is 0.299. The lowest BCUT2D eigenvalue weighted by Crippen LogP contribution is -2.29. The van der Waals surface area contributed by atoms with Crippen LogP contribution in [0.25, 0.3) is 22.3 Å². The van der Waals surface area contributed by atoms with Crippen LogP contribution in [0.3, 0.4) is 0 Å². The molecule has 0 fully saturated rings. The smallest absolute Gasteiger partial charge is 0.0720 e. The summed E-state index contributed by atoms with van der Waals surface area (Å²) in [6.45, 7) is 0.520. The Kier molecular flexibility index (Phi) is 4.83. The zero-order valence-corrected chi connectivity index (χ0v) is 18.9. The van der Waals surface area contributed by atoms with Crippen LogP contribution in [-0.4, -0.2) is 0 Å². The molecule has 4 N–H and O–H groups in total. The molecule has 0 atom stereocenters. The van der Waals surface area contributed by atoms with E-state index in [0.29, 0.717) is 6.54 Å². The average molecular weight is 439 g/mol. The predicted molar refractivity (Wildman–Crippen MR) is 141 cm³/mol. The molecular weight excluding hydrogens is 412 g/mol. The maximum Gasteiger partial charge on any atom is 0.0720 e. The number of nitrogen functional groups attached to an aromatic ring is 1. The third-order valence-corrected chi connectivity index (χ3v) is 7.13. The van der Waals surface area contributed by atoms with Gasteiger partial charge in [-0.2, -0.15) is 0 Å². The molecule has 0 spiro atoms. The molecule has 164 valence electrons. The molecule has 0 heterocycles. The van der Waals surface area contributed by atoms with Crippen LogP contribution in [0, 0.1) is 0 Å². The van der Waals surface area contributed by atoms with Gasteiger partial charge in [0, 0.05) is 17.8 Å². The lowest BCUT2D eigenvalue weighted by Gasteiger charge is -2.35. The molecule has 34 heavy (non-hydrogen) atoms. The van der Waals surface area contributed by atoms with Crippen molar-refractivity contribution in [1.29, 1.82) is 0 Å². The molecule has 0 unspecified atom stereocenters. The minimum atomic E-state index is -0.480. The number of fused-ring (bicyclic) bond motifs is 3. The third-order valence-electron chi connectivity index (χ3n) is 7.13. The molecule has 0 aliphatic heterocycles. The molecule has 0 aromatic heterocycles. The summed E-state index contributed by atoms with van der Waals surface area (Å²) >= 11 is 0. The first-order chi connectivity index (χ1) is 16.7. The van der Waals surface area contributed by atoms with Crippen LogP contribution >= 0.6 is 0 Å². The minimum Gasteiger partial charge on any atom is -0.398 e.